The maximum absolute atomic E-state index is 13.0. The number of carbonyl (C=O) groups is 1. The predicted molar refractivity (Wildman–Crippen MR) is 125 cm³/mol. The number of rotatable bonds is 3. The molecule has 0 aromatic carbocycles. The van der Waals surface area contributed by atoms with Crippen molar-refractivity contribution in [3.05, 3.63) is 10.6 Å². The van der Waals surface area contributed by atoms with Gasteiger partial charge in [0.1, 0.15) is 0 Å². The van der Waals surface area contributed by atoms with Crippen LogP contribution >= 0.6 is 11.3 Å². The van der Waals surface area contributed by atoms with E-state index in [2.05, 4.69) is 35.6 Å². The van der Waals surface area contributed by atoms with E-state index in [9.17, 15) is 4.79 Å². The minimum absolute atomic E-state index is 0.0563. The summed E-state index contributed by atoms with van der Waals surface area (Å²) in [7, 11) is 2.24. The van der Waals surface area contributed by atoms with Gasteiger partial charge in [-0.2, -0.15) is 0 Å². The average molecular weight is 433 g/mol. The Morgan fingerprint density at radius 2 is 1.73 bits per heavy atom. The highest BCUT2D eigenvalue weighted by Crippen LogP contribution is 2.43. The molecule has 6 heteroatoms. The van der Waals surface area contributed by atoms with Crippen molar-refractivity contribution in [3.63, 3.8) is 0 Å². The molecule has 5 nitrogen and oxygen atoms in total. The molecule has 2 unspecified atom stereocenters. The molecule has 2 atom stereocenters. The first-order chi connectivity index (χ1) is 14.4. The molecule has 5 rings (SSSR count). The molecule has 30 heavy (non-hydrogen) atoms. The summed E-state index contributed by atoms with van der Waals surface area (Å²) in [6.45, 7) is 12.4. The Hall–Kier alpha value is -1.14. The monoisotopic (exact) mass is 432 g/mol. The predicted octanol–water partition coefficient (Wildman–Crippen LogP) is 4.65. The van der Waals surface area contributed by atoms with Gasteiger partial charge in [-0.25, -0.2) is 4.98 Å². The quantitative estimate of drug-likeness (QED) is 0.697. The van der Waals surface area contributed by atoms with E-state index in [1.807, 2.05) is 25.2 Å². The number of anilines is 1. The largest absolute Gasteiger partial charge is 0.340 e. The van der Waals surface area contributed by atoms with Crippen LogP contribution in [0, 0.1) is 5.92 Å². The summed E-state index contributed by atoms with van der Waals surface area (Å²) in [6, 6.07) is 1.22. The van der Waals surface area contributed by atoms with Crippen molar-refractivity contribution in [1.29, 1.82) is 0 Å². The molecular weight excluding hydrogens is 392 g/mol. The Morgan fingerprint density at radius 3 is 2.37 bits per heavy atom. The highest BCUT2D eigenvalue weighted by molar-refractivity contribution is 7.15. The average Bonchev–Trinajstić information content (AvgIpc) is 3.41. The Morgan fingerprint density at radius 1 is 1.10 bits per heavy atom. The van der Waals surface area contributed by atoms with Crippen LogP contribution < -0.4 is 4.90 Å². The number of nitrogens with zero attached hydrogens (tertiary/aromatic N) is 4. The molecule has 1 saturated carbocycles. The van der Waals surface area contributed by atoms with Crippen molar-refractivity contribution in [2.75, 3.05) is 31.6 Å². The summed E-state index contributed by atoms with van der Waals surface area (Å²) >= 11 is 1.86. The van der Waals surface area contributed by atoms with E-state index < -0.39 is 0 Å². The lowest BCUT2D eigenvalue weighted by molar-refractivity contribution is -0.134. The standard InChI is InChI=1S/C22H34N4OS.C2H6/c1-22(2)14-25(19(27)10-15-6-4-5-7-15)13-18-20(22)23-21(28-18)26-16-8-9-17(26)12-24(3)11-16;1-2/h15-17H,4-14H2,1-3H3;1-2H3. The van der Waals surface area contributed by atoms with Crippen LogP contribution in [0.1, 0.15) is 83.2 Å². The second-order valence-electron chi connectivity index (χ2n) is 10.3. The van der Waals surface area contributed by atoms with Gasteiger partial charge < -0.3 is 14.7 Å². The van der Waals surface area contributed by atoms with Gasteiger partial charge in [-0.15, -0.1) is 0 Å². The van der Waals surface area contributed by atoms with Gasteiger partial charge in [-0.1, -0.05) is 51.9 Å². The minimum atomic E-state index is -0.0563. The Bertz CT molecular complexity index is 740. The van der Waals surface area contributed by atoms with Crippen molar-refractivity contribution in [2.24, 2.45) is 5.92 Å². The topological polar surface area (TPSA) is 39.7 Å². The summed E-state index contributed by atoms with van der Waals surface area (Å²) in [5.74, 6) is 0.982. The third kappa shape index (κ3) is 4.14. The number of carbonyl (C=O) groups excluding carboxylic acids is 1. The summed E-state index contributed by atoms with van der Waals surface area (Å²) in [5, 5.41) is 1.21. The summed E-state index contributed by atoms with van der Waals surface area (Å²) in [5.41, 5.74) is 1.19. The number of fused-ring (bicyclic) bond motifs is 3. The van der Waals surface area contributed by atoms with Crippen LogP contribution in [0.3, 0.4) is 0 Å². The van der Waals surface area contributed by atoms with Gasteiger partial charge in [-0.05, 0) is 38.6 Å². The smallest absolute Gasteiger partial charge is 0.223 e. The number of piperazine rings is 1. The molecule has 3 fully saturated rings. The van der Waals surface area contributed by atoms with Crippen LogP contribution in [0.4, 0.5) is 5.13 Å². The maximum atomic E-state index is 13.0. The highest BCUT2D eigenvalue weighted by Gasteiger charge is 2.43. The molecule has 1 aliphatic carbocycles. The zero-order valence-electron chi connectivity index (χ0n) is 19.6. The molecule has 2 saturated heterocycles. The fraction of sp³-hybridized carbons (Fsp3) is 0.833. The third-order valence-electron chi connectivity index (χ3n) is 7.42. The molecular formula is C24H40N4OS. The van der Waals surface area contributed by atoms with Crippen LogP contribution in [0.25, 0.3) is 0 Å². The molecule has 168 valence electrons. The van der Waals surface area contributed by atoms with E-state index in [1.165, 1.54) is 54.2 Å². The lowest BCUT2D eigenvalue weighted by Crippen LogP contribution is -2.52. The number of hydrogen-bond acceptors (Lipinski definition) is 5. The van der Waals surface area contributed by atoms with E-state index in [1.54, 1.807) is 0 Å². The van der Waals surface area contributed by atoms with Crippen molar-refractivity contribution < 1.29 is 4.79 Å². The van der Waals surface area contributed by atoms with E-state index in [0.717, 1.165) is 32.6 Å². The normalized spacial score (nSPS) is 28.3. The first-order valence-electron chi connectivity index (χ1n) is 12.2. The zero-order chi connectivity index (χ0) is 21.5. The first-order valence-corrected chi connectivity index (χ1v) is 13.0. The Labute approximate surface area is 186 Å². The van der Waals surface area contributed by atoms with Crippen LogP contribution in [0.2, 0.25) is 0 Å². The number of amides is 1. The molecule has 2 bridgehead atoms. The Kier molecular flexibility index (Phi) is 6.45. The lowest BCUT2D eigenvalue weighted by Gasteiger charge is -2.39. The lowest BCUT2D eigenvalue weighted by atomic mass is 9.84. The van der Waals surface area contributed by atoms with Crippen molar-refractivity contribution in [1.82, 2.24) is 14.8 Å². The van der Waals surface area contributed by atoms with Gasteiger partial charge in [0.15, 0.2) is 5.13 Å². The number of hydrogen-bond donors (Lipinski definition) is 0. The van der Waals surface area contributed by atoms with Gasteiger partial charge in [0.25, 0.3) is 0 Å². The van der Waals surface area contributed by atoms with Crippen LogP contribution in [-0.2, 0) is 16.8 Å². The zero-order valence-corrected chi connectivity index (χ0v) is 20.4. The Balaban J connectivity index is 0.00000106. The van der Waals surface area contributed by atoms with Gasteiger partial charge in [0, 0.05) is 48.4 Å². The van der Waals surface area contributed by atoms with Gasteiger partial charge >= 0.3 is 0 Å². The molecule has 4 aliphatic rings. The number of aromatic nitrogens is 1. The van der Waals surface area contributed by atoms with E-state index in [4.69, 9.17) is 4.98 Å². The van der Waals surface area contributed by atoms with Crippen LogP contribution in [0.5, 0.6) is 0 Å². The number of likely N-dealkylation sites (N-methyl/N-ethyl adjacent to an activating group) is 1. The second kappa shape index (κ2) is 8.78. The van der Waals surface area contributed by atoms with Crippen molar-refractivity contribution in [2.45, 2.75) is 96.7 Å². The molecule has 0 radical (unpaired) electrons. The van der Waals surface area contributed by atoms with Gasteiger partial charge in [-0.3, -0.25) is 4.79 Å². The molecule has 1 aromatic heterocycles. The third-order valence-corrected chi connectivity index (χ3v) is 8.48. The second-order valence-corrected chi connectivity index (χ2v) is 11.3. The fourth-order valence-corrected chi connectivity index (χ4v) is 7.46. The van der Waals surface area contributed by atoms with Crippen molar-refractivity contribution in [3.8, 4) is 0 Å². The molecule has 3 aliphatic heterocycles. The van der Waals surface area contributed by atoms with E-state index in [0.29, 0.717) is 23.9 Å². The van der Waals surface area contributed by atoms with E-state index in [-0.39, 0.29) is 5.41 Å². The highest BCUT2D eigenvalue weighted by atomic mass is 32.1. The molecule has 1 amide bonds. The van der Waals surface area contributed by atoms with Gasteiger partial charge in [0.2, 0.25) is 5.91 Å². The number of likely N-dealkylation sites (tertiary alicyclic amines) is 1. The van der Waals surface area contributed by atoms with Crippen molar-refractivity contribution >= 4 is 22.4 Å². The van der Waals surface area contributed by atoms with Crippen LogP contribution in [-0.4, -0.2) is 59.5 Å². The summed E-state index contributed by atoms with van der Waals surface area (Å²) in [4.78, 5) is 26.7. The molecule has 0 spiro atoms. The first kappa shape index (κ1) is 22.1. The van der Waals surface area contributed by atoms with Crippen LogP contribution in [0.15, 0.2) is 0 Å². The van der Waals surface area contributed by atoms with E-state index >= 15 is 0 Å². The number of thiazole rings is 1. The molecule has 0 N–H and O–H groups in total. The fourth-order valence-electron chi connectivity index (χ4n) is 6.06. The SMILES string of the molecule is CC.CN1CC2CCC(C1)N2c1nc2c(s1)CN(C(=O)CC1CCCC1)CC2(C)C. The molecule has 4 heterocycles. The molecule has 1 aromatic rings. The van der Waals surface area contributed by atoms with Gasteiger partial charge in [0.05, 0.1) is 12.2 Å². The maximum Gasteiger partial charge on any atom is 0.223 e. The summed E-state index contributed by atoms with van der Waals surface area (Å²) in [6.07, 6.45) is 8.41. The minimum Gasteiger partial charge on any atom is -0.340 e. The summed E-state index contributed by atoms with van der Waals surface area (Å²) < 4.78 is 0.